The minimum atomic E-state index is -4.06. The summed E-state index contributed by atoms with van der Waals surface area (Å²) >= 11 is 0. The number of carbonyl (C=O) groups is 1. The lowest BCUT2D eigenvalue weighted by Gasteiger charge is -2.38. The number of hydrogen-bond acceptors (Lipinski definition) is 5. The van der Waals surface area contributed by atoms with E-state index in [0.717, 1.165) is 43.1 Å². The van der Waals surface area contributed by atoms with Crippen molar-refractivity contribution in [1.82, 2.24) is 0 Å². The highest BCUT2D eigenvalue weighted by atomic mass is 31.2. The first-order chi connectivity index (χ1) is 13.2. The molecule has 7 nitrogen and oxygen atoms in total. The van der Waals surface area contributed by atoms with Gasteiger partial charge in [0.25, 0.3) is 0 Å². The Morgan fingerprint density at radius 2 is 1.39 bits per heavy atom. The minimum Gasteiger partial charge on any atom is -0.462 e. The van der Waals surface area contributed by atoms with Gasteiger partial charge in [-0.1, -0.05) is 27.4 Å². The van der Waals surface area contributed by atoms with Gasteiger partial charge in [-0.2, -0.15) is 0 Å². The third kappa shape index (κ3) is 12.7. The summed E-state index contributed by atoms with van der Waals surface area (Å²) < 4.78 is 27.8. The molecule has 1 atom stereocenters. The molecular formula is C20H41NO6P+. The third-order valence-electron chi connectivity index (χ3n) is 4.50. The molecule has 0 heterocycles. The van der Waals surface area contributed by atoms with E-state index in [4.69, 9.17) is 13.8 Å². The quantitative estimate of drug-likeness (QED) is 0.115. The van der Waals surface area contributed by atoms with Crippen LogP contribution < -0.4 is 0 Å². The fourth-order valence-corrected chi connectivity index (χ4v) is 4.18. The van der Waals surface area contributed by atoms with E-state index in [-0.39, 0.29) is 19.8 Å². The lowest BCUT2D eigenvalue weighted by Crippen LogP contribution is -2.50. The van der Waals surface area contributed by atoms with Gasteiger partial charge in [0.2, 0.25) is 0 Å². The molecule has 28 heavy (non-hydrogen) atoms. The Hall–Kier alpha value is -0.720. The van der Waals surface area contributed by atoms with E-state index in [1.807, 2.05) is 0 Å². The maximum Gasteiger partial charge on any atom is 0.472 e. The molecule has 0 aliphatic rings. The standard InChI is InChI=1S/C20H40NO6P/c1-6-12-21(13-7-2,14-8-3)15-9-10-17-26-28(23,24)27-18-11-16-25-20(22)19(4)5/h4,6-18H2,1-3,5H3/p+1. The lowest BCUT2D eigenvalue weighted by atomic mass is 10.2. The Morgan fingerprint density at radius 1 is 0.893 bits per heavy atom. The van der Waals surface area contributed by atoms with Crippen LogP contribution in [0.4, 0.5) is 0 Å². The molecule has 1 unspecified atom stereocenters. The van der Waals surface area contributed by atoms with Crippen LogP contribution in [-0.4, -0.2) is 61.3 Å². The zero-order valence-corrected chi connectivity index (χ0v) is 19.2. The highest BCUT2D eigenvalue weighted by Crippen LogP contribution is 2.43. The predicted molar refractivity (Wildman–Crippen MR) is 112 cm³/mol. The molecule has 0 rings (SSSR count). The first-order valence-electron chi connectivity index (χ1n) is 10.5. The van der Waals surface area contributed by atoms with Gasteiger partial charge in [-0.25, -0.2) is 9.36 Å². The van der Waals surface area contributed by atoms with Gasteiger partial charge in [-0.05, 0) is 39.0 Å². The molecule has 0 aliphatic carbocycles. The summed E-state index contributed by atoms with van der Waals surface area (Å²) in [5.74, 6) is -0.480. The Balaban J connectivity index is 4.07. The molecule has 0 radical (unpaired) electrons. The number of hydrogen-bond donors (Lipinski definition) is 1. The van der Waals surface area contributed by atoms with Crippen molar-refractivity contribution in [1.29, 1.82) is 0 Å². The molecule has 0 aliphatic heterocycles. The number of nitrogens with zero attached hydrogens (tertiary/aromatic N) is 1. The topological polar surface area (TPSA) is 82.1 Å². The molecule has 1 N–H and O–H groups in total. The van der Waals surface area contributed by atoms with Gasteiger partial charge >= 0.3 is 13.8 Å². The number of unbranched alkanes of at least 4 members (excludes halogenated alkanes) is 1. The predicted octanol–water partition coefficient (Wildman–Crippen LogP) is 4.46. The van der Waals surface area contributed by atoms with Gasteiger partial charge in [0.05, 0.1) is 46.0 Å². The normalized spacial score (nSPS) is 13.9. The monoisotopic (exact) mass is 422 g/mol. The molecule has 0 aromatic carbocycles. The summed E-state index contributed by atoms with van der Waals surface area (Å²) in [5, 5.41) is 0. The van der Waals surface area contributed by atoms with Crippen molar-refractivity contribution in [3.8, 4) is 0 Å². The van der Waals surface area contributed by atoms with Crippen LogP contribution in [0, 0.1) is 0 Å². The van der Waals surface area contributed by atoms with Crippen molar-refractivity contribution in [3.05, 3.63) is 12.2 Å². The molecule has 0 fully saturated rings. The number of carbonyl (C=O) groups excluding carboxylic acids is 1. The van der Waals surface area contributed by atoms with Gasteiger partial charge in [0, 0.05) is 12.0 Å². The molecule has 0 spiro atoms. The Morgan fingerprint density at radius 3 is 1.86 bits per heavy atom. The average molecular weight is 423 g/mol. The van der Waals surface area contributed by atoms with Gasteiger partial charge < -0.3 is 14.1 Å². The van der Waals surface area contributed by atoms with Crippen LogP contribution in [0.5, 0.6) is 0 Å². The highest BCUT2D eigenvalue weighted by molar-refractivity contribution is 7.47. The molecule has 0 aromatic heterocycles. The van der Waals surface area contributed by atoms with Crippen LogP contribution >= 0.6 is 7.82 Å². The van der Waals surface area contributed by atoms with E-state index >= 15 is 0 Å². The largest absolute Gasteiger partial charge is 0.472 e. The van der Waals surface area contributed by atoms with Crippen molar-refractivity contribution in [2.75, 3.05) is 46.0 Å². The second kappa shape index (κ2) is 15.2. The minimum absolute atomic E-state index is 0.0131. The van der Waals surface area contributed by atoms with Crippen LogP contribution in [0.15, 0.2) is 12.2 Å². The van der Waals surface area contributed by atoms with E-state index in [2.05, 4.69) is 27.4 Å². The van der Waals surface area contributed by atoms with E-state index in [1.165, 1.54) is 19.6 Å². The van der Waals surface area contributed by atoms with Crippen LogP contribution in [-0.2, 0) is 23.1 Å². The second-order valence-electron chi connectivity index (χ2n) is 7.35. The fourth-order valence-electron chi connectivity index (χ4n) is 3.39. The molecule has 0 aromatic rings. The van der Waals surface area contributed by atoms with Gasteiger partial charge in [0.15, 0.2) is 0 Å². The SMILES string of the molecule is C=C(C)C(=O)OCCCOP(=O)(O)OCCCC[N+](CCC)(CCC)CCC. The van der Waals surface area contributed by atoms with E-state index in [9.17, 15) is 14.3 Å². The smallest absolute Gasteiger partial charge is 0.462 e. The lowest BCUT2D eigenvalue weighted by molar-refractivity contribution is -0.928. The number of rotatable bonds is 18. The molecular weight excluding hydrogens is 381 g/mol. The maximum absolute atomic E-state index is 11.9. The van der Waals surface area contributed by atoms with Crippen LogP contribution in [0.25, 0.3) is 0 Å². The van der Waals surface area contributed by atoms with Crippen LogP contribution in [0.2, 0.25) is 0 Å². The highest BCUT2D eigenvalue weighted by Gasteiger charge is 2.25. The van der Waals surface area contributed by atoms with Crippen molar-refractivity contribution in [2.24, 2.45) is 0 Å². The molecule has 166 valence electrons. The van der Waals surface area contributed by atoms with Gasteiger partial charge in [0.1, 0.15) is 0 Å². The molecule has 8 heteroatoms. The zero-order valence-electron chi connectivity index (χ0n) is 18.3. The van der Waals surface area contributed by atoms with Crippen LogP contribution in [0.1, 0.15) is 66.2 Å². The second-order valence-corrected chi connectivity index (χ2v) is 8.80. The summed E-state index contributed by atoms with van der Waals surface area (Å²) in [5.41, 5.74) is 0.316. The van der Waals surface area contributed by atoms with Gasteiger partial charge in [-0.3, -0.25) is 9.05 Å². The number of ether oxygens (including phenoxy) is 1. The molecule has 0 saturated heterocycles. The maximum atomic E-state index is 11.9. The summed E-state index contributed by atoms with van der Waals surface area (Å²) in [6.07, 6.45) is 5.49. The first-order valence-corrected chi connectivity index (χ1v) is 12.0. The number of esters is 1. The van der Waals surface area contributed by atoms with Crippen molar-refractivity contribution < 1.29 is 32.5 Å². The Bertz CT molecular complexity index is 480. The summed E-state index contributed by atoms with van der Waals surface area (Å²) in [4.78, 5) is 20.9. The van der Waals surface area contributed by atoms with E-state index in [1.54, 1.807) is 6.92 Å². The zero-order chi connectivity index (χ0) is 21.5. The number of quaternary nitrogens is 1. The summed E-state index contributed by atoms with van der Waals surface area (Å²) in [6, 6.07) is 0. The Kier molecular flexibility index (Phi) is 14.8. The molecule has 0 amide bonds. The fraction of sp³-hybridized carbons (Fsp3) is 0.850. The number of phosphoric ester groups is 1. The third-order valence-corrected chi connectivity index (χ3v) is 5.52. The first kappa shape index (κ1) is 27.3. The van der Waals surface area contributed by atoms with Crippen molar-refractivity contribution in [2.45, 2.75) is 66.2 Å². The van der Waals surface area contributed by atoms with Crippen molar-refractivity contribution >= 4 is 13.8 Å². The average Bonchev–Trinajstić information content (AvgIpc) is 2.61. The molecule has 0 bridgehead atoms. The van der Waals surface area contributed by atoms with E-state index < -0.39 is 13.8 Å². The van der Waals surface area contributed by atoms with Gasteiger partial charge in [-0.15, -0.1) is 0 Å². The summed E-state index contributed by atoms with van der Waals surface area (Å²) in [6.45, 7) is 16.6. The summed E-state index contributed by atoms with van der Waals surface area (Å²) in [7, 11) is -4.06. The number of phosphoric acid groups is 1. The van der Waals surface area contributed by atoms with E-state index in [0.29, 0.717) is 12.0 Å². The van der Waals surface area contributed by atoms with Crippen molar-refractivity contribution in [3.63, 3.8) is 0 Å². The Labute approximate surface area is 171 Å². The molecule has 0 saturated carbocycles. The van der Waals surface area contributed by atoms with Crippen LogP contribution in [0.3, 0.4) is 0 Å².